The second-order valence-electron chi connectivity index (χ2n) is 6.98. The fourth-order valence-electron chi connectivity index (χ4n) is 3.54. The van der Waals surface area contributed by atoms with Crippen LogP contribution in [0.25, 0.3) is 0 Å². The predicted molar refractivity (Wildman–Crippen MR) is 112 cm³/mol. The first kappa shape index (κ1) is 21.2. The molecule has 2 aromatic heterocycles. The van der Waals surface area contributed by atoms with E-state index in [1.54, 1.807) is 0 Å². The molecule has 1 fully saturated rings. The number of thiazole rings is 1. The summed E-state index contributed by atoms with van der Waals surface area (Å²) < 4.78 is 0. The van der Waals surface area contributed by atoms with E-state index in [-0.39, 0.29) is 24.8 Å². The zero-order valence-electron chi connectivity index (χ0n) is 14.9. The van der Waals surface area contributed by atoms with Crippen molar-refractivity contribution < 1.29 is 0 Å². The molecule has 0 saturated heterocycles. The lowest BCUT2D eigenvalue weighted by atomic mass is 9.78. The molecule has 1 saturated carbocycles. The molecule has 0 aliphatic heterocycles. The summed E-state index contributed by atoms with van der Waals surface area (Å²) in [4.78, 5) is 17.2. The van der Waals surface area contributed by atoms with Crippen LogP contribution in [0.5, 0.6) is 0 Å². The van der Waals surface area contributed by atoms with E-state index in [1.807, 2.05) is 18.4 Å². The highest BCUT2D eigenvalue weighted by Crippen LogP contribution is 2.36. The normalized spacial score (nSPS) is 21.0. The van der Waals surface area contributed by atoms with Crippen molar-refractivity contribution in [2.45, 2.75) is 57.0 Å². The highest BCUT2D eigenvalue weighted by atomic mass is 35.5. The van der Waals surface area contributed by atoms with Crippen molar-refractivity contribution in [3.63, 3.8) is 0 Å². The average molecular weight is 417 g/mol. The summed E-state index contributed by atoms with van der Waals surface area (Å²) in [5.74, 6) is 1.63. The highest BCUT2D eigenvalue weighted by molar-refractivity contribution is 7.11. The molecule has 0 unspecified atom stereocenters. The SMILES string of the molecule is CN(Cc1nc2c(s1)CCCC2)c1cc(C2CC(N)C2)nc(N)n1.Cl.Cl. The Hall–Kier alpha value is -1.15. The molecule has 2 aliphatic carbocycles. The molecule has 2 aliphatic rings. The van der Waals surface area contributed by atoms with Gasteiger partial charge in [0.2, 0.25) is 5.95 Å². The second-order valence-corrected chi connectivity index (χ2v) is 8.15. The van der Waals surface area contributed by atoms with Crippen LogP contribution >= 0.6 is 36.2 Å². The maximum absolute atomic E-state index is 5.93. The monoisotopic (exact) mass is 416 g/mol. The lowest BCUT2D eigenvalue weighted by Crippen LogP contribution is -2.35. The number of aromatic nitrogens is 3. The molecular formula is C17H26Cl2N6S. The minimum absolute atomic E-state index is 0. The first-order valence-corrected chi connectivity index (χ1v) is 9.49. The standard InChI is InChI=1S/C17H24N6S.2ClH/c1-23(9-16-20-12-4-2-3-5-14(12)24-16)15-8-13(21-17(19)22-15)10-6-11(18)7-10;;/h8,10-11H,2-7,9,18H2,1H3,(H2,19,21,22);2*1H. The first-order chi connectivity index (χ1) is 11.6. The summed E-state index contributed by atoms with van der Waals surface area (Å²) in [6.07, 6.45) is 6.84. The van der Waals surface area contributed by atoms with Gasteiger partial charge in [0.15, 0.2) is 0 Å². The lowest BCUT2D eigenvalue weighted by Gasteiger charge is -2.32. The van der Waals surface area contributed by atoms with Gasteiger partial charge >= 0.3 is 0 Å². The molecule has 0 radical (unpaired) electrons. The Morgan fingerprint density at radius 3 is 2.58 bits per heavy atom. The van der Waals surface area contributed by atoms with E-state index < -0.39 is 0 Å². The molecule has 144 valence electrons. The van der Waals surface area contributed by atoms with Crippen LogP contribution in [0, 0.1) is 0 Å². The van der Waals surface area contributed by atoms with Crippen molar-refractivity contribution in [2.24, 2.45) is 5.73 Å². The fourth-order valence-corrected chi connectivity index (χ4v) is 4.75. The van der Waals surface area contributed by atoms with E-state index in [1.165, 1.54) is 29.8 Å². The van der Waals surface area contributed by atoms with Crippen LogP contribution in [0.4, 0.5) is 11.8 Å². The molecule has 0 atom stereocenters. The van der Waals surface area contributed by atoms with E-state index in [2.05, 4.69) is 20.9 Å². The number of hydrogen-bond donors (Lipinski definition) is 2. The topological polar surface area (TPSA) is 94.0 Å². The van der Waals surface area contributed by atoms with Gasteiger partial charge in [0, 0.05) is 30.0 Å². The van der Waals surface area contributed by atoms with Crippen molar-refractivity contribution in [3.8, 4) is 0 Å². The van der Waals surface area contributed by atoms with Crippen LogP contribution in [-0.2, 0) is 19.4 Å². The third kappa shape index (κ3) is 4.39. The maximum atomic E-state index is 5.93. The Kier molecular flexibility index (Phi) is 7.07. The lowest BCUT2D eigenvalue weighted by molar-refractivity contribution is 0.345. The number of anilines is 2. The third-order valence-electron chi connectivity index (χ3n) is 5.00. The average Bonchev–Trinajstić information content (AvgIpc) is 2.93. The second kappa shape index (κ2) is 8.69. The Morgan fingerprint density at radius 1 is 1.15 bits per heavy atom. The molecule has 0 spiro atoms. The van der Waals surface area contributed by atoms with Crippen LogP contribution in [-0.4, -0.2) is 28.0 Å². The van der Waals surface area contributed by atoms with Gasteiger partial charge in [0.1, 0.15) is 10.8 Å². The van der Waals surface area contributed by atoms with E-state index in [0.29, 0.717) is 17.9 Å². The zero-order valence-corrected chi connectivity index (χ0v) is 17.3. The van der Waals surface area contributed by atoms with Gasteiger partial charge < -0.3 is 16.4 Å². The summed E-state index contributed by atoms with van der Waals surface area (Å²) >= 11 is 1.85. The summed E-state index contributed by atoms with van der Waals surface area (Å²) in [6.45, 7) is 0.762. The number of halogens is 2. The number of hydrogen-bond acceptors (Lipinski definition) is 7. The Bertz CT molecular complexity index is 723. The maximum Gasteiger partial charge on any atom is 0.222 e. The zero-order chi connectivity index (χ0) is 16.7. The molecular weight excluding hydrogens is 391 g/mol. The van der Waals surface area contributed by atoms with Gasteiger partial charge in [-0.25, -0.2) is 9.97 Å². The Balaban J connectivity index is 0.00000121. The van der Waals surface area contributed by atoms with E-state index in [9.17, 15) is 0 Å². The van der Waals surface area contributed by atoms with Crippen LogP contribution in [0.2, 0.25) is 0 Å². The van der Waals surface area contributed by atoms with Crippen molar-refractivity contribution in [3.05, 3.63) is 27.3 Å². The number of nitrogens with zero attached hydrogens (tertiary/aromatic N) is 4. The summed E-state index contributed by atoms with van der Waals surface area (Å²) in [5, 5.41) is 1.16. The number of rotatable bonds is 4. The molecule has 2 heterocycles. The Labute approximate surface area is 170 Å². The molecule has 0 amide bonds. The van der Waals surface area contributed by atoms with E-state index in [4.69, 9.17) is 16.5 Å². The van der Waals surface area contributed by atoms with Gasteiger partial charge in [-0.3, -0.25) is 0 Å². The van der Waals surface area contributed by atoms with Gasteiger partial charge in [-0.05, 0) is 38.5 Å². The molecule has 9 heteroatoms. The van der Waals surface area contributed by atoms with Gasteiger partial charge in [-0.15, -0.1) is 36.2 Å². The van der Waals surface area contributed by atoms with Crippen LogP contribution in [0.3, 0.4) is 0 Å². The fraction of sp³-hybridized carbons (Fsp3) is 0.588. The van der Waals surface area contributed by atoms with Crippen molar-refractivity contribution in [2.75, 3.05) is 17.7 Å². The van der Waals surface area contributed by atoms with Gasteiger partial charge in [0.25, 0.3) is 0 Å². The molecule has 4 N–H and O–H groups in total. The molecule has 26 heavy (non-hydrogen) atoms. The number of aryl methyl sites for hydroxylation is 2. The first-order valence-electron chi connectivity index (χ1n) is 8.67. The van der Waals surface area contributed by atoms with E-state index in [0.717, 1.165) is 42.3 Å². The van der Waals surface area contributed by atoms with Crippen LogP contribution in [0.1, 0.15) is 52.9 Å². The van der Waals surface area contributed by atoms with Crippen LogP contribution < -0.4 is 16.4 Å². The minimum atomic E-state index is 0. The summed E-state index contributed by atoms with van der Waals surface area (Å²) in [5.41, 5.74) is 14.2. The van der Waals surface area contributed by atoms with Crippen molar-refractivity contribution >= 4 is 47.9 Å². The third-order valence-corrected chi connectivity index (χ3v) is 6.14. The quantitative estimate of drug-likeness (QED) is 0.794. The molecule has 0 aromatic carbocycles. The van der Waals surface area contributed by atoms with Crippen LogP contribution in [0.15, 0.2) is 6.07 Å². The summed E-state index contributed by atoms with van der Waals surface area (Å²) in [6, 6.07) is 2.36. The molecule has 4 rings (SSSR count). The largest absolute Gasteiger partial charge is 0.368 e. The minimum Gasteiger partial charge on any atom is -0.368 e. The predicted octanol–water partition coefficient (Wildman–Crippen LogP) is 3.08. The number of fused-ring (bicyclic) bond motifs is 1. The van der Waals surface area contributed by atoms with Gasteiger partial charge in [0.05, 0.1) is 17.9 Å². The molecule has 6 nitrogen and oxygen atoms in total. The molecule has 2 aromatic rings. The van der Waals surface area contributed by atoms with Gasteiger partial charge in [-0.1, -0.05) is 0 Å². The van der Waals surface area contributed by atoms with Crippen molar-refractivity contribution in [1.82, 2.24) is 15.0 Å². The number of nitrogen functional groups attached to an aromatic ring is 1. The van der Waals surface area contributed by atoms with Gasteiger partial charge in [-0.2, -0.15) is 4.98 Å². The molecule has 0 bridgehead atoms. The van der Waals surface area contributed by atoms with Crippen molar-refractivity contribution in [1.29, 1.82) is 0 Å². The summed E-state index contributed by atoms with van der Waals surface area (Å²) in [7, 11) is 2.04. The Morgan fingerprint density at radius 2 is 1.88 bits per heavy atom. The smallest absolute Gasteiger partial charge is 0.222 e. The number of nitrogens with two attached hydrogens (primary N) is 2. The highest BCUT2D eigenvalue weighted by Gasteiger charge is 2.29. The van der Waals surface area contributed by atoms with E-state index >= 15 is 0 Å².